The Bertz CT molecular complexity index is 302. The van der Waals surface area contributed by atoms with Crippen LogP contribution in [0, 0.1) is 0 Å². The summed E-state index contributed by atoms with van der Waals surface area (Å²) in [5.74, 6) is 0. The fourth-order valence-electron chi connectivity index (χ4n) is 4.77. The minimum Gasteiger partial charge on any atom is -0.303 e. The molecule has 1 atom stereocenters. The van der Waals surface area contributed by atoms with Crippen molar-refractivity contribution in [2.45, 2.75) is 63.8 Å². The molecule has 3 nitrogen and oxygen atoms in total. The molecule has 3 aliphatic rings. The lowest BCUT2D eigenvalue weighted by molar-refractivity contribution is 0.0534. The molecule has 0 saturated carbocycles. The van der Waals surface area contributed by atoms with Crippen LogP contribution in [0.2, 0.25) is 0 Å². The Morgan fingerprint density at radius 3 is 1.81 bits per heavy atom. The third-order valence-electron chi connectivity index (χ3n) is 6.24. The van der Waals surface area contributed by atoms with Crippen LogP contribution < -0.4 is 0 Å². The van der Waals surface area contributed by atoms with E-state index in [2.05, 4.69) is 21.6 Å². The number of rotatable bonds is 7. The summed E-state index contributed by atoms with van der Waals surface area (Å²) in [6.07, 6.45) is 11.3. The van der Waals surface area contributed by atoms with Gasteiger partial charge >= 0.3 is 0 Å². The van der Waals surface area contributed by atoms with Crippen molar-refractivity contribution >= 4 is 0 Å². The zero-order chi connectivity index (χ0) is 14.5. The van der Waals surface area contributed by atoms with Gasteiger partial charge in [0.2, 0.25) is 0 Å². The predicted molar refractivity (Wildman–Crippen MR) is 89.8 cm³/mol. The molecular formula is C18H35N3. The Balaban J connectivity index is 1.64. The largest absolute Gasteiger partial charge is 0.303 e. The van der Waals surface area contributed by atoms with E-state index < -0.39 is 0 Å². The van der Waals surface area contributed by atoms with Gasteiger partial charge in [-0.15, -0.1) is 0 Å². The highest BCUT2D eigenvalue weighted by molar-refractivity contribution is 4.96. The zero-order valence-electron chi connectivity index (χ0n) is 14.2. The topological polar surface area (TPSA) is 9.72 Å². The Morgan fingerprint density at radius 2 is 1.24 bits per heavy atom. The molecule has 0 aromatic heterocycles. The standard InChI is InChI=1S/C18H35N3/c1-2-18(21-14-7-8-15-21,17-20-12-5-6-13-20)9-16-19-10-3-4-11-19/h2-17H2,1H3. The first-order valence-electron chi connectivity index (χ1n) is 9.52. The van der Waals surface area contributed by atoms with Crippen molar-refractivity contribution in [3.05, 3.63) is 0 Å². The van der Waals surface area contributed by atoms with Gasteiger partial charge in [0, 0.05) is 12.1 Å². The van der Waals surface area contributed by atoms with Gasteiger partial charge in [-0.25, -0.2) is 0 Å². The van der Waals surface area contributed by atoms with Gasteiger partial charge in [-0.1, -0.05) is 6.92 Å². The Labute approximate surface area is 131 Å². The van der Waals surface area contributed by atoms with Crippen LogP contribution in [0.5, 0.6) is 0 Å². The normalized spacial score (nSPS) is 28.4. The van der Waals surface area contributed by atoms with Gasteiger partial charge in [-0.05, 0) is 97.2 Å². The third-order valence-corrected chi connectivity index (χ3v) is 6.24. The number of nitrogens with zero attached hydrogens (tertiary/aromatic N) is 3. The molecule has 3 saturated heterocycles. The first-order chi connectivity index (χ1) is 10.3. The summed E-state index contributed by atoms with van der Waals surface area (Å²) in [4.78, 5) is 8.33. The van der Waals surface area contributed by atoms with Crippen LogP contribution in [0.4, 0.5) is 0 Å². The molecule has 0 N–H and O–H groups in total. The fourth-order valence-corrected chi connectivity index (χ4v) is 4.77. The highest BCUT2D eigenvalue weighted by Gasteiger charge is 2.38. The molecule has 0 radical (unpaired) electrons. The molecule has 21 heavy (non-hydrogen) atoms. The van der Waals surface area contributed by atoms with Crippen LogP contribution in [0.3, 0.4) is 0 Å². The van der Waals surface area contributed by atoms with E-state index in [-0.39, 0.29) is 0 Å². The van der Waals surface area contributed by atoms with Crippen molar-refractivity contribution in [2.24, 2.45) is 0 Å². The maximum Gasteiger partial charge on any atom is 0.0346 e. The lowest BCUT2D eigenvalue weighted by atomic mass is 9.88. The second-order valence-corrected chi connectivity index (χ2v) is 7.55. The van der Waals surface area contributed by atoms with E-state index in [0.717, 1.165) is 0 Å². The van der Waals surface area contributed by atoms with Crippen LogP contribution in [-0.4, -0.2) is 72.6 Å². The van der Waals surface area contributed by atoms with Gasteiger partial charge in [-0.3, -0.25) is 4.90 Å². The lowest BCUT2D eigenvalue weighted by Gasteiger charge is -2.45. The summed E-state index contributed by atoms with van der Waals surface area (Å²) in [5, 5.41) is 0. The highest BCUT2D eigenvalue weighted by Crippen LogP contribution is 2.31. The minimum atomic E-state index is 0.462. The summed E-state index contributed by atoms with van der Waals surface area (Å²) in [5.41, 5.74) is 0.462. The molecule has 0 aromatic rings. The van der Waals surface area contributed by atoms with Crippen molar-refractivity contribution in [3.8, 4) is 0 Å². The zero-order valence-corrected chi connectivity index (χ0v) is 14.2. The van der Waals surface area contributed by atoms with Crippen LogP contribution in [-0.2, 0) is 0 Å². The van der Waals surface area contributed by atoms with E-state index in [9.17, 15) is 0 Å². The SMILES string of the molecule is CCC(CCN1CCCC1)(CN1CCCC1)N1CCCC1. The van der Waals surface area contributed by atoms with E-state index in [1.807, 2.05) is 0 Å². The molecule has 122 valence electrons. The molecule has 0 aromatic carbocycles. The average molecular weight is 293 g/mol. The molecule has 0 spiro atoms. The Hall–Kier alpha value is -0.120. The van der Waals surface area contributed by atoms with Gasteiger partial charge in [0.05, 0.1) is 0 Å². The summed E-state index contributed by atoms with van der Waals surface area (Å²) >= 11 is 0. The maximum atomic E-state index is 2.86. The van der Waals surface area contributed by atoms with E-state index in [1.54, 1.807) is 0 Å². The minimum absolute atomic E-state index is 0.462. The quantitative estimate of drug-likeness (QED) is 0.715. The summed E-state index contributed by atoms with van der Waals surface area (Å²) in [7, 11) is 0. The first-order valence-corrected chi connectivity index (χ1v) is 9.52. The van der Waals surface area contributed by atoms with E-state index in [1.165, 1.54) is 104 Å². The molecule has 3 heteroatoms. The van der Waals surface area contributed by atoms with Crippen molar-refractivity contribution in [3.63, 3.8) is 0 Å². The number of likely N-dealkylation sites (tertiary alicyclic amines) is 3. The van der Waals surface area contributed by atoms with Crippen LogP contribution >= 0.6 is 0 Å². The number of hydrogen-bond acceptors (Lipinski definition) is 3. The van der Waals surface area contributed by atoms with Gasteiger partial charge < -0.3 is 9.80 Å². The van der Waals surface area contributed by atoms with Crippen molar-refractivity contribution in [1.29, 1.82) is 0 Å². The summed E-state index contributed by atoms with van der Waals surface area (Å²) in [6, 6.07) is 0. The smallest absolute Gasteiger partial charge is 0.0346 e. The second-order valence-electron chi connectivity index (χ2n) is 7.55. The van der Waals surface area contributed by atoms with Gasteiger partial charge in [0.1, 0.15) is 0 Å². The molecule has 0 aliphatic carbocycles. The number of hydrogen-bond donors (Lipinski definition) is 0. The second kappa shape index (κ2) is 7.43. The molecule has 1 unspecified atom stereocenters. The third kappa shape index (κ3) is 3.80. The molecular weight excluding hydrogens is 258 g/mol. The molecule has 3 heterocycles. The highest BCUT2D eigenvalue weighted by atomic mass is 15.3. The lowest BCUT2D eigenvalue weighted by Crippen LogP contribution is -2.55. The predicted octanol–water partition coefficient (Wildman–Crippen LogP) is 2.81. The van der Waals surface area contributed by atoms with Crippen LogP contribution in [0.25, 0.3) is 0 Å². The van der Waals surface area contributed by atoms with Gasteiger partial charge in [0.25, 0.3) is 0 Å². The van der Waals surface area contributed by atoms with Gasteiger partial charge in [0.15, 0.2) is 0 Å². The van der Waals surface area contributed by atoms with E-state index in [0.29, 0.717) is 5.54 Å². The molecule has 0 bridgehead atoms. The monoisotopic (exact) mass is 293 g/mol. The molecule has 0 amide bonds. The molecule has 3 rings (SSSR count). The Kier molecular flexibility index (Phi) is 5.58. The maximum absolute atomic E-state index is 2.86. The van der Waals surface area contributed by atoms with E-state index in [4.69, 9.17) is 0 Å². The van der Waals surface area contributed by atoms with Crippen LogP contribution in [0.15, 0.2) is 0 Å². The summed E-state index contributed by atoms with van der Waals surface area (Å²) in [6.45, 7) is 13.2. The molecule has 3 aliphatic heterocycles. The van der Waals surface area contributed by atoms with Crippen LogP contribution in [0.1, 0.15) is 58.3 Å². The van der Waals surface area contributed by atoms with Crippen molar-refractivity contribution in [1.82, 2.24) is 14.7 Å². The Morgan fingerprint density at radius 1 is 0.714 bits per heavy atom. The average Bonchev–Trinajstić information content (AvgIpc) is 3.26. The van der Waals surface area contributed by atoms with Gasteiger partial charge in [-0.2, -0.15) is 0 Å². The summed E-state index contributed by atoms with van der Waals surface area (Å²) < 4.78 is 0. The van der Waals surface area contributed by atoms with Crippen molar-refractivity contribution < 1.29 is 0 Å². The first kappa shape index (κ1) is 15.8. The van der Waals surface area contributed by atoms with E-state index >= 15 is 0 Å². The molecule has 3 fully saturated rings. The van der Waals surface area contributed by atoms with Crippen molar-refractivity contribution in [2.75, 3.05) is 52.4 Å². The fraction of sp³-hybridized carbons (Fsp3) is 1.00.